The number of methoxy groups -OCH3 is 1. The molecule has 0 aliphatic carbocycles. The molecular weight excluding hydrogens is 398 g/mol. The first-order valence-electron chi connectivity index (χ1n) is 9.00. The molecule has 0 N–H and O–H groups in total. The van der Waals surface area contributed by atoms with E-state index in [0.717, 1.165) is 5.56 Å². The van der Waals surface area contributed by atoms with Crippen molar-refractivity contribution < 1.29 is 23.5 Å². The lowest BCUT2D eigenvalue weighted by atomic mass is 10.1. The van der Waals surface area contributed by atoms with Crippen LogP contribution in [-0.4, -0.2) is 36.5 Å². The molecule has 2 aliphatic heterocycles. The van der Waals surface area contributed by atoms with Gasteiger partial charge in [-0.05, 0) is 36.4 Å². The fourth-order valence-electron chi connectivity index (χ4n) is 3.50. The summed E-state index contributed by atoms with van der Waals surface area (Å²) in [6.45, 7) is 0.644. The van der Waals surface area contributed by atoms with Gasteiger partial charge >= 0.3 is 0 Å². The number of halogens is 1. The lowest BCUT2D eigenvalue weighted by molar-refractivity contribution is -0.117. The number of rotatable bonds is 4. The highest BCUT2D eigenvalue weighted by molar-refractivity contribution is 6.32. The maximum atomic E-state index is 12.6. The Morgan fingerprint density at radius 2 is 2.03 bits per heavy atom. The minimum atomic E-state index is -0.171. The van der Waals surface area contributed by atoms with Crippen molar-refractivity contribution in [3.05, 3.63) is 47.2 Å². The number of anilines is 1. The number of hydrogen-bond donors (Lipinski definition) is 0. The first kappa shape index (κ1) is 17.8. The zero-order valence-electron chi connectivity index (χ0n) is 15.4. The van der Waals surface area contributed by atoms with Crippen molar-refractivity contribution in [2.24, 2.45) is 0 Å². The summed E-state index contributed by atoms with van der Waals surface area (Å²) in [4.78, 5) is 18.7. The van der Waals surface area contributed by atoms with E-state index in [2.05, 4.69) is 10.1 Å². The van der Waals surface area contributed by atoms with Gasteiger partial charge in [-0.25, -0.2) is 0 Å². The van der Waals surface area contributed by atoms with Crippen LogP contribution in [0.5, 0.6) is 17.2 Å². The lowest BCUT2D eigenvalue weighted by Crippen LogP contribution is -2.24. The summed E-state index contributed by atoms with van der Waals surface area (Å²) < 4.78 is 21.3. The first-order valence-corrected chi connectivity index (χ1v) is 9.37. The molecule has 2 aliphatic rings. The number of aromatic nitrogens is 2. The van der Waals surface area contributed by atoms with Crippen LogP contribution in [0.2, 0.25) is 5.02 Å². The summed E-state index contributed by atoms with van der Waals surface area (Å²) in [6.07, 6.45) is 0.295. The van der Waals surface area contributed by atoms with Gasteiger partial charge in [0.25, 0.3) is 5.89 Å². The normalized spacial score (nSPS) is 17.8. The van der Waals surface area contributed by atoms with Crippen LogP contribution >= 0.6 is 11.6 Å². The number of hydrogen-bond acceptors (Lipinski definition) is 7. The van der Waals surface area contributed by atoms with E-state index >= 15 is 0 Å². The van der Waals surface area contributed by atoms with Gasteiger partial charge in [0.1, 0.15) is 5.75 Å². The molecule has 5 rings (SSSR count). The van der Waals surface area contributed by atoms with Gasteiger partial charge in [-0.1, -0.05) is 16.8 Å². The van der Waals surface area contributed by atoms with Crippen LogP contribution in [0, 0.1) is 0 Å². The van der Waals surface area contributed by atoms with Gasteiger partial charge in [0.15, 0.2) is 17.3 Å². The second kappa shape index (κ2) is 6.97. The average Bonchev–Trinajstić information content (AvgIpc) is 3.46. The molecule has 0 bridgehead atoms. The quantitative estimate of drug-likeness (QED) is 0.645. The van der Waals surface area contributed by atoms with Gasteiger partial charge < -0.3 is 23.6 Å². The third-order valence-electron chi connectivity index (χ3n) is 5.00. The molecule has 0 spiro atoms. The Bertz CT molecular complexity index is 1100. The maximum Gasteiger partial charge on any atom is 0.258 e. The number of nitrogens with zero attached hydrogens (tertiary/aromatic N) is 3. The summed E-state index contributed by atoms with van der Waals surface area (Å²) in [5.41, 5.74) is 1.44. The molecule has 0 saturated carbocycles. The molecule has 29 heavy (non-hydrogen) atoms. The van der Waals surface area contributed by atoms with Crippen LogP contribution in [0.1, 0.15) is 18.2 Å². The number of amides is 1. The molecule has 1 aromatic heterocycles. The van der Waals surface area contributed by atoms with E-state index in [-0.39, 0.29) is 18.6 Å². The van der Waals surface area contributed by atoms with Crippen LogP contribution < -0.4 is 19.1 Å². The Morgan fingerprint density at radius 3 is 2.86 bits per heavy atom. The van der Waals surface area contributed by atoms with E-state index in [1.165, 1.54) is 0 Å². The molecule has 1 atom stereocenters. The number of carbonyl (C=O) groups excluding carboxylic acids is 1. The van der Waals surface area contributed by atoms with Gasteiger partial charge in [-0.3, -0.25) is 4.79 Å². The molecule has 9 heteroatoms. The predicted octanol–water partition coefficient (Wildman–Crippen LogP) is 3.65. The van der Waals surface area contributed by atoms with Crippen LogP contribution in [0.15, 0.2) is 40.9 Å². The summed E-state index contributed by atoms with van der Waals surface area (Å²) in [6, 6.07) is 10.7. The van der Waals surface area contributed by atoms with Gasteiger partial charge in [0, 0.05) is 30.1 Å². The molecule has 3 heterocycles. The molecule has 2 aromatic carbocycles. The van der Waals surface area contributed by atoms with E-state index < -0.39 is 0 Å². The van der Waals surface area contributed by atoms with Crippen LogP contribution in [0.25, 0.3) is 11.5 Å². The van der Waals surface area contributed by atoms with Crippen molar-refractivity contribution in [2.75, 3.05) is 25.3 Å². The highest BCUT2D eigenvalue weighted by atomic mass is 35.5. The number of fused-ring (bicyclic) bond motifs is 1. The molecule has 1 saturated heterocycles. The van der Waals surface area contributed by atoms with Gasteiger partial charge in [0.05, 0.1) is 12.1 Å². The molecule has 3 aromatic rings. The highest BCUT2D eigenvalue weighted by Gasteiger charge is 2.35. The van der Waals surface area contributed by atoms with Gasteiger partial charge in [0.2, 0.25) is 12.7 Å². The van der Waals surface area contributed by atoms with E-state index in [1.54, 1.807) is 42.3 Å². The topological polar surface area (TPSA) is 86.9 Å². The van der Waals surface area contributed by atoms with Crippen LogP contribution in [0.3, 0.4) is 0 Å². The van der Waals surface area contributed by atoms with E-state index in [4.69, 9.17) is 30.3 Å². The van der Waals surface area contributed by atoms with E-state index in [1.807, 2.05) is 6.07 Å². The van der Waals surface area contributed by atoms with E-state index in [0.29, 0.717) is 52.6 Å². The number of carbonyl (C=O) groups is 1. The van der Waals surface area contributed by atoms with Crippen molar-refractivity contribution in [1.29, 1.82) is 0 Å². The van der Waals surface area contributed by atoms with Crippen LogP contribution in [-0.2, 0) is 4.79 Å². The Kier molecular flexibility index (Phi) is 4.28. The van der Waals surface area contributed by atoms with Gasteiger partial charge in [-0.2, -0.15) is 4.98 Å². The first-order chi connectivity index (χ1) is 14.1. The Balaban J connectivity index is 1.36. The minimum Gasteiger partial charge on any atom is -0.495 e. The SMILES string of the molecule is COc1ccc(N2CC(c3noc(-c4ccc5c(c4)OCO5)n3)CC2=O)cc1Cl. The molecule has 1 unspecified atom stereocenters. The molecular formula is C20H16ClN3O5. The molecule has 148 valence electrons. The second-order valence-electron chi connectivity index (χ2n) is 6.75. The largest absolute Gasteiger partial charge is 0.495 e. The van der Waals surface area contributed by atoms with Crippen molar-refractivity contribution in [2.45, 2.75) is 12.3 Å². The van der Waals surface area contributed by atoms with Crippen molar-refractivity contribution in [3.8, 4) is 28.7 Å². The molecule has 1 fully saturated rings. The molecule has 0 radical (unpaired) electrons. The second-order valence-corrected chi connectivity index (χ2v) is 7.16. The Hall–Kier alpha value is -3.26. The highest BCUT2D eigenvalue weighted by Crippen LogP contribution is 2.37. The summed E-state index contributed by atoms with van der Waals surface area (Å²) in [7, 11) is 1.55. The number of ether oxygens (including phenoxy) is 3. The Morgan fingerprint density at radius 1 is 1.17 bits per heavy atom. The third-order valence-corrected chi connectivity index (χ3v) is 5.29. The summed E-state index contributed by atoms with van der Waals surface area (Å²) in [5, 5.41) is 4.54. The third kappa shape index (κ3) is 3.15. The summed E-state index contributed by atoms with van der Waals surface area (Å²) >= 11 is 6.20. The lowest BCUT2D eigenvalue weighted by Gasteiger charge is -2.17. The fourth-order valence-corrected chi connectivity index (χ4v) is 3.75. The Labute approximate surface area is 170 Å². The van der Waals surface area contributed by atoms with Crippen molar-refractivity contribution in [3.63, 3.8) is 0 Å². The zero-order chi connectivity index (χ0) is 20.0. The zero-order valence-corrected chi connectivity index (χ0v) is 16.2. The van der Waals surface area contributed by atoms with Gasteiger partial charge in [-0.15, -0.1) is 0 Å². The molecule has 1 amide bonds. The fraction of sp³-hybridized carbons (Fsp3) is 0.250. The van der Waals surface area contributed by atoms with Crippen molar-refractivity contribution in [1.82, 2.24) is 10.1 Å². The van der Waals surface area contributed by atoms with Crippen LogP contribution in [0.4, 0.5) is 5.69 Å². The monoisotopic (exact) mass is 413 g/mol. The van der Waals surface area contributed by atoms with Crippen molar-refractivity contribution >= 4 is 23.2 Å². The maximum absolute atomic E-state index is 12.6. The average molecular weight is 414 g/mol. The standard InChI is InChI=1S/C20H16ClN3O5/c1-26-15-5-3-13(8-14(15)21)24-9-12(7-18(24)25)19-22-20(29-23-19)11-2-4-16-17(6-11)28-10-27-16/h2-6,8,12H,7,9-10H2,1H3. The minimum absolute atomic E-state index is 0.0225. The molecule has 8 nitrogen and oxygen atoms in total. The number of benzene rings is 2. The van der Waals surface area contributed by atoms with E-state index in [9.17, 15) is 4.79 Å². The predicted molar refractivity (Wildman–Crippen MR) is 104 cm³/mol. The smallest absolute Gasteiger partial charge is 0.258 e. The summed E-state index contributed by atoms with van der Waals surface area (Å²) in [5.74, 6) is 2.56.